The number of carbonyl (C=O) groups excluding carboxylic acids is 1. The van der Waals surface area contributed by atoms with E-state index in [1.54, 1.807) is 19.2 Å². The lowest BCUT2D eigenvalue weighted by molar-refractivity contribution is -0.117. The van der Waals surface area contributed by atoms with Gasteiger partial charge in [0, 0.05) is 12.1 Å². The van der Waals surface area contributed by atoms with Crippen molar-refractivity contribution >= 4 is 11.6 Å². The molecular weight excluding hydrogens is 314 g/mol. The maximum absolute atomic E-state index is 13.5. The number of nitrogens with one attached hydrogen (secondary N) is 1. The molecule has 2 rings (SSSR count). The fourth-order valence-electron chi connectivity index (χ4n) is 2.29. The van der Waals surface area contributed by atoms with Crippen LogP contribution in [0.5, 0.6) is 5.75 Å². The number of halogens is 2. The molecule has 1 amide bonds. The summed E-state index contributed by atoms with van der Waals surface area (Å²) in [4.78, 5) is 13.9. The van der Waals surface area contributed by atoms with Gasteiger partial charge < -0.3 is 10.4 Å². The van der Waals surface area contributed by atoms with Crippen molar-refractivity contribution in [3.05, 3.63) is 59.7 Å². The van der Waals surface area contributed by atoms with Crippen LogP contribution in [0.3, 0.4) is 0 Å². The number of hydrogen-bond acceptors (Lipinski definition) is 3. The molecule has 0 aliphatic carbocycles. The Kier molecular flexibility index (Phi) is 5.87. The van der Waals surface area contributed by atoms with Crippen molar-refractivity contribution in [2.24, 2.45) is 0 Å². The largest absolute Gasteiger partial charge is 0.508 e. The van der Waals surface area contributed by atoms with E-state index in [1.165, 1.54) is 6.07 Å². The molecule has 0 aromatic heterocycles. The molecule has 0 radical (unpaired) electrons. The molecule has 0 spiro atoms. The van der Waals surface area contributed by atoms with Crippen LogP contribution in [0.4, 0.5) is 14.5 Å². The number of aromatic hydroxyl groups is 1. The first-order valence-corrected chi connectivity index (χ1v) is 7.58. The van der Waals surface area contributed by atoms with E-state index in [0.29, 0.717) is 6.42 Å². The normalized spacial score (nSPS) is 12.2. The zero-order valence-corrected chi connectivity index (χ0v) is 13.6. The smallest absolute Gasteiger partial charge is 0.238 e. The predicted octanol–water partition coefficient (Wildman–Crippen LogP) is 3.17. The van der Waals surface area contributed by atoms with Crippen molar-refractivity contribution in [2.75, 3.05) is 18.9 Å². The van der Waals surface area contributed by atoms with E-state index >= 15 is 0 Å². The van der Waals surface area contributed by atoms with Gasteiger partial charge in [0.2, 0.25) is 5.91 Å². The quantitative estimate of drug-likeness (QED) is 0.853. The standard InChI is InChI=1S/C18H20F2N2O2/c1-12(9-13-3-6-15(23)7-4-13)22(2)11-18(24)21-17-8-5-14(19)10-16(17)20/h3-8,10,12,23H,9,11H2,1-2H3,(H,21,24). The molecule has 128 valence electrons. The van der Waals surface area contributed by atoms with E-state index in [9.17, 15) is 18.7 Å². The molecule has 0 heterocycles. The molecular formula is C18H20F2N2O2. The van der Waals surface area contributed by atoms with Gasteiger partial charge in [0.25, 0.3) is 0 Å². The number of carbonyl (C=O) groups is 1. The lowest BCUT2D eigenvalue weighted by Gasteiger charge is -2.24. The van der Waals surface area contributed by atoms with Gasteiger partial charge in [-0.3, -0.25) is 9.69 Å². The summed E-state index contributed by atoms with van der Waals surface area (Å²) in [7, 11) is 1.80. The molecule has 0 saturated carbocycles. The number of hydrogen-bond donors (Lipinski definition) is 2. The topological polar surface area (TPSA) is 52.6 Å². The third kappa shape index (κ3) is 5.03. The molecule has 24 heavy (non-hydrogen) atoms. The lowest BCUT2D eigenvalue weighted by atomic mass is 10.1. The van der Waals surface area contributed by atoms with Gasteiger partial charge in [-0.15, -0.1) is 0 Å². The molecule has 0 aliphatic heterocycles. The second kappa shape index (κ2) is 7.88. The Morgan fingerprint density at radius 2 is 1.88 bits per heavy atom. The second-order valence-corrected chi connectivity index (χ2v) is 5.81. The van der Waals surface area contributed by atoms with Gasteiger partial charge in [0.05, 0.1) is 12.2 Å². The molecule has 0 saturated heterocycles. The second-order valence-electron chi connectivity index (χ2n) is 5.81. The van der Waals surface area contributed by atoms with E-state index in [2.05, 4.69) is 5.32 Å². The van der Waals surface area contributed by atoms with Crippen LogP contribution in [0.1, 0.15) is 12.5 Å². The molecule has 0 bridgehead atoms. The van der Waals surface area contributed by atoms with Gasteiger partial charge >= 0.3 is 0 Å². The van der Waals surface area contributed by atoms with Gasteiger partial charge in [-0.2, -0.15) is 0 Å². The minimum Gasteiger partial charge on any atom is -0.508 e. The number of rotatable bonds is 6. The van der Waals surface area contributed by atoms with Crippen molar-refractivity contribution in [2.45, 2.75) is 19.4 Å². The third-order valence-corrected chi connectivity index (χ3v) is 3.82. The fraction of sp³-hybridized carbons (Fsp3) is 0.278. The van der Waals surface area contributed by atoms with Crippen molar-refractivity contribution in [3.8, 4) is 5.75 Å². The van der Waals surface area contributed by atoms with Gasteiger partial charge in [-0.1, -0.05) is 12.1 Å². The molecule has 1 atom stereocenters. The maximum Gasteiger partial charge on any atom is 0.238 e. The van der Waals surface area contributed by atoms with Crippen molar-refractivity contribution < 1.29 is 18.7 Å². The molecule has 1 unspecified atom stereocenters. The van der Waals surface area contributed by atoms with E-state index in [0.717, 1.165) is 17.7 Å². The highest BCUT2D eigenvalue weighted by Gasteiger charge is 2.15. The minimum atomic E-state index is -0.803. The highest BCUT2D eigenvalue weighted by atomic mass is 19.1. The van der Waals surface area contributed by atoms with Crippen LogP contribution in [-0.4, -0.2) is 35.5 Å². The van der Waals surface area contributed by atoms with E-state index in [4.69, 9.17) is 0 Å². The number of amides is 1. The summed E-state index contributed by atoms with van der Waals surface area (Å²) in [6.07, 6.45) is 0.703. The Hall–Kier alpha value is -2.47. The number of phenolic OH excluding ortho intramolecular Hbond substituents is 1. The minimum absolute atomic E-state index is 0.0408. The van der Waals surface area contributed by atoms with Crippen LogP contribution in [0.2, 0.25) is 0 Å². The average molecular weight is 334 g/mol. The van der Waals surface area contributed by atoms with E-state index in [1.807, 2.05) is 24.0 Å². The molecule has 0 fully saturated rings. The van der Waals surface area contributed by atoms with Crippen LogP contribution < -0.4 is 5.32 Å². The summed E-state index contributed by atoms with van der Waals surface area (Å²) in [6, 6.07) is 9.98. The lowest BCUT2D eigenvalue weighted by Crippen LogP contribution is -2.37. The zero-order chi connectivity index (χ0) is 17.7. The van der Waals surface area contributed by atoms with Crippen LogP contribution in [-0.2, 0) is 11.2 Å². The molecule has 2 aromatic carbocycles. The number of nitrogens with zero attached hydrogens (tertiary/aromatic N) is 1. The third-order valence-electron chi connectivity index (χ3n) is 3.82. The number of phenols is 1. The van der Waals surface area contributed by atoms with Crippen LogP contribution in [0.15, 0.2) is 42.5 Å². The number of anilines is 1. The monoisotopic (exact) mass is 334 g/mol. The molecule has 2 aromatic rings. The first-order valence-electron chi connectivity index (χ1n) is 7.58. The molecule has 0 aliphatic rings. The first kappa shape index (κ1) is 17.9. The summed E-state index contributed by atoms with van der Waals surface area (Å²) in [5.74, 6) is -1.66. The van der Waals surface area contributed by atoms with Gasteiger partial charge in [-0.05, 0) is 50.2 Å². The summed E-state index contributed by atoms with van der Waals surface area (Å²) in [6.45, 7) is 2.05. The fourth-order valence-corrected chi connectivity index (χ4v) is 2.29. The highest BCUT2D eigenvalue weighted by Crippen LogP contribution is 2.16. The zero-order valence-electron chi connectivity index (χ0n) is 13.6. The Balaban J connectivity index is 1.89. The van der Waals surface area contributed by atoms with Gasteiger partial charge in [0.1, 0.15) is 17.4 Å². The van der Waals surface area contributed by atoms with Crippen LogP contribution in [0.25, 0.3) is 0 Å². The SMILES string of the molecule is CC(Cc1ccc(O)cc1)N(C)CC(=O)Nc1ccc(F)cc1F. The number of benzene rings is 2. The maximum atomic E-state index is 13.5. The van der Waals surface area contributed by atoms with Crippen LogP contribution in [0, 0.1) is 11.6 Å². The van der Waals surface area contributed by atoms with Gasteiger partial charge in [-0.25, -0.2) is 8.78 Å². The molecule has 4 nitrogen and oxygen atoms in total. The summed E-state index contributed by atoms with van der Waals surface area (Å²) < 4.78 is 26.4. The summed E-state index contributed by atoms with van der Waals surface area (Å²) >= 11 is 0. The molecule has 6 heteroatoms. The van der Waals surface area contributed by atoms with Crippen molar-refractivity contribution in [1.82, 2.24) is 4.90 Å². The Morgan fingerprint density at radius 3 is 2.50 bits per heavy atom. The Morgan fingerprint density at radius 1 is 1.21 bits per heavy atom. The number of likely N-dealkylation sites (N-methyl/N-ethyl adjacent to an activating group) is 1. The van der Waals surface area contributed by atoms with Gasteiger partial charge in [0.15, 0.2) is 0 Å². The summed E-state index contributed by atoms with van der Waals surface area (Å²) in [5, 5.41) is 11.7. The van der Waals surface area contributed by atoms with E-state index in [-0.39, 0.29) is 29.9 Å². The van der Waals surface area contributed by atoms with Crippen molar-refractivity contribution in [3.63, 3.8) is 0 Å². The Labute approximate surface area is 139 Å². The average Bonchev–Trinajstić information content (AvgIpc) is 2.52. The van der Waals surface area contributed by atoms with Crippen molar-refractivity contribution in [1.29, 1.82) is 0 Å². The predicted molar refractivity (Wildman–Crippen MR) is 88.9 cm³/mol. The van der Waals surface area contributed by atoms with E-state index < -0.39 is 11.6 Å². The first-order chi connectivity index (χ1) is 11.3. The van der Waals surface area contributed by atoms with Crippen LogP contribution >= 0.6 is 0 Å². The highest BCUT2D eigenvalue weighted by molar-refractivity contribution is 5.92. The molecule has 2 N–H and O–H groups in total. The summed E-state index contributed by atoms with van der Waals surface area (Å²) in [5.41, 5.74) is 0.998. The Bertz CT molecular complexity index is 705.